The van der Waals surface area contributed by atoms with Gasteiger partial charge < -0.3 is 14.8 Å². The van der Waals surface area contributed by atoms with Crippen molar-refractivity contribution in [1.82, 2.24) is 0 Å². The zero-order valence-electron chi connectivity index (χ0n) is 18.9. The van der Waals surface area contributed by atoms with Gasteiger partial charge in [-0.15, -0.1) is 0 Å². The molecule has 1 heterocycles. The molecule has 170 valence electrons. The number of nitrogens with zero attached hydrogens (tertiary/aromatic N) is 2. The second-order valence-electron chi connectivity index (χ2n) is 7.58. The van der Waals surface area contributed by atoms with E-state index < -0.39 is 11.8 Å². The van der Waals surface area contributed by atoms with Gasteiger partial charge in [0.15, 0.2) is 0 Å². The van der Waals surface area contributed by atoms with Gasteiger partial charge in [-0.2, -0.15) is 5.26 Å². The Labute approximate surface area is 197 Å². The van der Waals surface area contributed by atoms with Crippen LogP contribution in [0.15, 0.2) is 78.5 Å². The lowest BCUT2D eigenvalue weighted by Crippen LogP contribution is -2.32. The Hall–Kier alpha value is -4.57. The monoisotopic (exact) mass is 453 g/mol. The standard InChI is InChI=1S/C27H23N3O4/c1-3-15-34-23-6-4-5-20(16-23)29-25-24(19-9-13-22(33-2)14-10-19)26(31)30(27(25)32)21-11-7-18(17-28)8-12-21/h4-14,16,29H,3,15H2,1-2H3. The van der Waals surface area contributed by atoms with Gasteiger partial charge in [-0.1, -0.05) is 25.1 Å². The van der Waals surface area contributed by atoms with E-state index in [9.17, 15) is 9.59 Å². The van der Waals surface area contributed by atoms with Gasteiger partial charge in [-0.3, -0.25) is 9.59 Å². The third-order valence-corrected chi connectivity index (χ3v) is 5.29. The number of carbonyl (C=O) groups excluding carboxylic acids is 2. The Morgan fingerprint density at radius 2 is 1.68 bits per heavy atom. The average molecular weight is 453 g/mol. The van der Waals surface area contributed by atoms with E-state index in [1.807, 2.05) is 25.1 Å². The number of ether oxygens (including phenoxy) is 2. The SMILES string of the molecule is CCCOc1cccc(NC2=C(c3ccc(OC)cc3)C(=O)N(c3ccc(C#N)cc3)C2=O)c1. The second-order valence-corrected chi connectivity index (χ2v) is 7.58. The molecule has 0 saturated carbocycles. The van der Waals surface area contributed by atoms with Gasteiger partial charge in [0.1, 0.15) is 17.2 Å². The predicted molar refractivity (Wildman–Crippen MR) is 129 cm³/mol. The minimum atomic E-state index is -0.486. The molecule has 34 heavy (non-hydrogen) atoms. The quantitative estimate of drug-likeness (QED) is 0.495. The third-order valence-electron chi connectivity index (χ3n) is 5.29. The van der Waals surface area contributed by atoms with E-state index in [2.05, 4.69) is 5.32 Å². The highest BCUT2D eigenvalue weighted by Crippen LogP contribution is 2.35. The molecule has 0 atom stereocenters. The summed E-state index contributed by atoms with van der Waals surface area (Å²) < 4.78 is 10.9. The fraction of sp³-hybridized carbons (Fsp3) is 0.148. The van der Waals surface area contributed by atoms with Crippen molar-refractivity contribution < 1.29 is 19.1 Å². The molecule has 7 heteroatoms. The number of anilines is 2. The van der Waals surface area contributed by atoms with Crippen LogP contribution in [0.2, 0.25) is 0 Å². The molecule has 0 radical (unpaired) electrons. The summed E-state index contributed by atoms with van der Waals surface area (Å²) in [6, 6.07) is 22.6. The molecule has 1 aliphatic heterocycles. The van der Waals surface area contributed by atoms with Crippen molar-refractivity contribution in [2.45, 2.75) is 13.3 Å². The Kier molecular flexibility index (Phi) is 6.60. The molecule has 2 amide bonds. The van der Waals surface area contributed by atoms with Gasteiger partial charge in [-0.05, 0) is 60.5 Å². The minimum absolute atomic E-state index is 0.159. The Morgan fingerprint density at radius 3 is 2.32 bits per heavy atom. The van der Waals surface area contributed by atoms with Crippen molar-refractivity contribution in [2.24, 2.45) is 0 Å². The number of hydrogen-bond donors (Lipinski definition) is 1. The molecule has 0 fully saturated rings. The molecular weight excluding hydrogens is 430 g/mol. The minimum Gasteiger partial charge on any atom is -0.497 e. The average Bonchev–Trinajstić information content (AvgIpc) is 3.12. The van der Waals surface area contributed by atoms with E-state index in [0.29, 0.717) is 40.6 Å². The number of methoxy groups -OCH3 is 1. The third kappa shape index (κ3) is 4.48. The summed E-state index contributed by atoms with van der Waals surface area (Å²) >= 11 is 0. The first-order chi connectivity index (χ1) is 16.5. The van der Waals surface area contributed by atoms with Gasteiger partial charge in [0.2, 0.25) is 0 Å². The van der Waals surface area contributed by atoms with Crippen LogP contribution in [0, 0.1) is 11.3 Å². The number of hydrogen-bond acceptors (Lipinski definition) is 6. The number of amides is 2. The van der Waals surface area contributed by atoms with Crippen LogP contribution in [0.4, 0.5) is 11.4 Å². The number of benzene rings is 3. The molecule has 3 aromatic carbocycles. The van der Waals surface area contributed by atoms with Crippen LogP contribution in [-0.4, -0.2) is 25.5 Å². The fourth-order valence-electron chi connectivity index (χ4n) is 3.62. The topological polar surface area (TPSA) is 91.7 Å². The molecule has 3 aromatic rings. The summed E-state index contributed by atoms with van der Waals surface area (Å²) in [6.45, 7) is 2.60. The van der Waals surface area contributed by atoms with Crippen molar-refractivity contribution in [2.75, 3.05) is 23.9 Å². The second kappa shape index (κ2) is 9.92. The van der Waals surface area contributed by atoms with E-state index in [-0.39, 0.29) is 11.3 Å². The molecule has 1 aliphatic rings. The number of imide groups is 1. The summed E-state index contributed by atoms with van der Waals surface area (Å²) in [7, 11) is 1.56. The van der Waals surface area contributed by atoms with Crippen LogP contribution in [0.3, 0.4) is 0 Å². The lowest BCUT2D eigenvalue weighted by molar-refractivity contribution is -0.120. The van der Waals surface area contributed by atoms with Gasteiger partial charge in [0, 0.05) is 11.8 Å². The van der Waals surface area contributed by atoms with Crippen LogP contribution < -0.4 is 19.7 Å². The zero-order chi connectivity index (χ0) is 24.1. The van der Waals surface area contributed by atoms with Crippen molar-refractivity contribution >= 4 is 28.8 Å². The molecule has 0 aliphatic carbocycles. The maximum atomic E-state index is 13.5. The molecule has 1 N–H and O–H groups in total. The molecule has 0 spiro atoms. The molecule has 0 unspecified atom stereocenters. The highest BCUT2D eigenvalue weighted by atomic mass is 16.5. The summed E-state index contributed by atoms with van der Waals surface area (Å²) in [5, 5.41) is 12.2. The Morgan fingerprint density at radius 1 is 0.941 bits per heavy atom. The van der Waals surface area contributed by atoms with Gasteiger partial charge >= 0.3 is 0 Å². The van der Waals surface area contributed by atoms with Crippen molar-refractivity contribution in [3.05, 3.63) is 89.6 Å². The molecular formula is C27H23N3O4. The highest BCUT2D eigenvalue weighted by molar-refractivity contribution is 6.46. The first-order valence-electron chi connectivity index (χ1n) is 10.8. The number of nitriles is 1. The van der Waals surface area contributed by atoms with Crippen LogP contribution in [0.25, 0.3) is 5.57 Å². The van der Waals surface area contributed by atoms with Crippen LogP contribution in [0.5, 0.6) is 11.5 Å². The largest absolute Gasteiger partial charge is 0.497 e. The first kappa shape index (κ1) is 22.6. The maximum Gasteiger partial charge on any atom is 0.282 e. The first-order valence-corrected chi connectivity index (χ1v) is 10.8. The van der Waals surface area contributed by atoms with Crippen molar-refractivity contribution in [3.8, 4) is 17.6 Å². The zero-order valence-corrected chi connectivity index (χ0v) is 18.9. The molecule has 0 aromatic heterocycles. The summed E-state index contributed by atoms with van der Waals surface area (Å²) in [5.74, 6) is 0.362. The smallest absolute Gasteiger partial charge is 0.282 e. The van der Waals surface area contributed by atoms with E-state index in [0.717, 1.165) is 11.3 Å². The van der Waals surface area contributed by atoms with Crippen molar-refractivity contribution in [3.63, 3.8) is 0 Å². The van der Waals surface area contributed by atoms with Crippen LogP contribution in [0.1, 0.15) is 24.5 Å². The maximum absolute atomic E-state index is 13.5. The Bertz CT molecular complexity index is 1290. The number of nitrogens with one attached hydrogen (secondary N) is 1. The predicted octanol–water partition coefficient (Wildman–Crippen LogP) is 4.75. The molecule has 0 bridgehead atoms. The summed E-state index contributed by atoms with van der Waals surface area (Å²) in [5.41, 5.74) is 2.43. The van der Waals surface area contributed by atoms with Gasteiger partial charge in [-0.25, -0.2) is 4.90 Å². The van der Waals surface area contributed by atoms with E-state index in [4.69, 9.17) is 14.7 Å². The highest BCUT2D eigenvalue weighted by Gasteiger charge is 2.40. The van der Waals surface area contributed by atoms with E-state index >= 15 is 0 Å². The Balaban J connectivity index is 1.75. The van der Waals surface area contributed by atoms with Gasteiger partial charge in [0.05, 0.1) is 36.6 Å². The normalized spacial score (nSPS) is 13.1. The number of carbonyl (C=O) groups is 2. The summed E-state index contributed by atoms with van der Waals surface area (Å²) in [6.07, 6.45) is 0.872. The van der Waals surface area contributed by atoms with Crippen LogP contribution >= 0.6 is 0 Å². The molecule has 4 rings (SSSR count). The van der Waals surface area contributed by atoms with E-state index in [1.54, 1.807) is 67.8 Å². The lowest BCUT2D eigenvalue weighted by Gasteiger charge is -2.15. The number of rotatable bonds is 8. The van der Waals surface area contributed by atoms with Crippen LogP contribution in [-0.2, 0) is 9.59 Å². The lowest BCUT2D eigenvalue weighted by atomic mass is 10.0. The molecule has 0 saturated heterocycles. The molecule has 7 nitrogen and oxygen atoms in total. The van der Waals surface area contributed by atoms with Crippen molar-refractivity contribution in [1.29, 1.82) is 5.26 Å². The van der Waals surface area contributed by atoms with Gasteiger partial charge in [0.25, 0.3) is 11.8 Å². The van der Waals surface area contributed by atoms with E-state index in [1.165, 1.54) is 0 Å². The summed E-state index contributed by atoms with van der Waals surface area (Å²) in [4.78, 5) is 28.1. The fourth-order valence-corrected chi connectivity index (χ4v) is 3.62.